The van der Waals surface area contributed by atoms with Crippen LogP contribution in [0.2, 0.25) is 0 Å². The second-order valence-corrected chi connectivity index (χ2v) is 8.43. The number of hydrogen-bond acceptors (Lipinski definition) is 8. The van der Waals surface area contributed by atoms with Crippen LogP contribution in [0.15, 0.2) is 0 Å². The molecule has 2 aromatic heterocycles. The maximum absolute atomic E-state index is 10.4. The Balaban J connectivity index is 1.67. The molecule has 2 aromatic rings. The Morgan fingerprint density at radius 1 is 1.27 bits per heavy atom. The average molecular weight is 373 g/mol. The molecule has 0 atom stereocenters. The number of aliphatic hydroxyl groups is 1. The van der Waals surface area contributed by atoms with Crippen molar-refractivity contribution in [3.63, 3.8) is 0 Å². The van der Waals surface area contributed by atoms with Crippen molar-refractivity contribution >= 4 is 27.4 Å². The van der Waals surface area contributed by atoms with Gasteiger partial charge in [0.1, 0.15) is 22.1 Å². The van der Waals surface area contributed by atoms with Gasteiger partial charge >= 0.3 is 0 Å². The Bertz CT molecular complexity index is 863. The van der Waals surface area contributed by atoms with E-state index in [1.54, 1.807) is 11.3 Å². The van der Waals surface area contributed by atoms with E-state index in [9.17, 15) is 5.11 Å². The number of β-amino-alcohol motifs (C(OH)–C–C–N with tert-alkyl or cyclic N) is 1. The number of nitriles is 1. The molecule has 1 N–H and O–H groups in total. The molecule has 7 nitrogen and oxygen atoms in total. The lowest BCUT2D eigenvalue weighted by atomic mass is 9.91. The summed E-state index contributed by atoms with van der Waals surface area (Å²) in [7, 11) is 0. The minimum atomic E-state index is -0.921. The van der Waals surface area contributed by atoms with E-state index in [0.717, 1.165) is 48.2 Å². The van der Waals surface area contributed by atoms with E-state index in [1.807, 2.05) is 0 Å². The summed E-state index contributed by atoms with van der Waals surface area (Å²) in [5, 5.41) is 20.4. The Morgan fingerprint density at radius 3 is 2.69 bits per heavy atom. The Kier molecular flexibility index (Phi) is 4.57. The van der Waals surface area contributed by atoms with Crippen LogP contribution in [0.5, 0.6) is 0 Å². The molecule has 8 heteroatoms. The smallest absolute Gasteiger partial charge is 0.146 e. The third-order valence-electron chi connectivity index (χ3n) is 5.20. The molecule has 0 radical (unpaired) electrons. The van der Waals surface area contributed by atoms with Gasteiger partial charge in [0.15, 0.2) is 0 Å². The molecule has 0 aliphatic carbocycles. The molecule has 2 aliphatic rings. The van der Waals surface area contributed by atoms with E-state index in [2.05, 4.69) is 29.7 Å². The van der Waals surface area contributed by atoms with E-state index in [1.165, 1.54) is 10.4 Å². The van der Waals surface area contributed by atoms with Crippen LogP contribution in [0.3, 0.4) is 0 Å². The van der Waals surface area contributed by atoms with Crippen LogP contribution in [0.4, 0.5) is 5.82 Å². The van der Waals surface area contributed by atoms with Gasteiger partial charge in [-0.25, -0.2) is 9.97 Å². The fourth-order valence-corrected chi connectivity index (χ4v) is 4.65. The molecule has 2 fully saturated rings. The summed E-state index contributed by atoms with van der Waals surface area (Å²) in [5.74, 6) is 1.70. The summed E-state index contributed by atoms with van der Waals surface area (Å²) in [6.45, 7) is 9.09. The summed E-state index contributed by atoms with van der Waals surface area (Å²) in [5.41, 5.74) is 0.281. The Hall–Kier alpha value is -1.79. The zero-order chi connectivity index (χ0) is 18.3. The standard InChI is InChI=1S/C18H23N5O2S/c1-12-13(2)26-17-15(12)16(23-10-18(24,11-23)3-4-19)20-14(21-17)9-22-5-7-25-8-6-22/h24H,3,5-11H2,1-2H3. The monoisotopic (exact) mass is 373 g/mol. The number of nitrogens with zero attached hydrogens (tertiary/aromatic N) is 5. The van der Waals surface area contributed by atoms with Crippen molar-refractivity contribution in [3.05, 3.63) is 16.3 Å². The third kappa shape index (κ3) is 3.16. The zero-order valence-electron chi connectivity index (χ0n) is 15.2. The molecule has 2 saturated heterocycles. The van der Waals surface area contributed by atoms with E-state index in [0.29, 0.717) is 19.6 Å². The largest absolute Gasteiger partial charge is 0.385 e. The molecular formula is C18H23N5O2S. The highest BCUT2D eigenvalue weighted by molar-refractivity contribution is 7.18. The molecule has 0 amide bonds. The van der Waals surface area contributed by atoms with E-state index in [4.69, 9.17) is 20.0 Å². The van der Waals surface area contributed by atoms with Gasteiger partial charge in [-0.2, -0.15) is 5.26 Å². The summed E-state index contributed by atoms with van der Waals surface area (Å²) >= 11 is 1.70. The molecule has 0 unspecified atom stereocenters. The third-order valence-corrected chi connectivity index (χ3v) is 6.30. The number of ether oxygens (including phenoxy) is 1. The molecular weight excluding hydrogens is 350 g/mol. The minimum Gasteiger partial charge on any atom is -0.385 e. The van der Waals surface area contributed by atoms with Gasteiger partial charge in [0.2, 0.25) is 0 Å². The van der Waals surface area contributed by atoms with Crippen molar-refractivity contribution < 1.29 is 9.84 Å². The van der Waals surface area contributed by atoms with Crippen molar-refractivity contribution in [2.24, 2.45) is 0 Å². The summed E-state index contributed by atoms with van der Waals surface area (Å²) < 4.78 is 5.42. The van der Waals surface area contributed by atoms with Crippen molar-refractivity contribution in [2.45, 2.75) is 32.4 Å². The van der Waals surface area contributed by atoms with Gasteiger partial charge in [0.05, 0.1) is 50.7 Å². The van der Waals surface area contributed by atoms with E-state index < -0.39 is 5.60 Å². The van der Waals surface area contributed by atoms with Crippen LogP contribution in [0.1, 0.15) is 22.7 Å². The number of anilines is 1. The van der Waals surface area contributed by atoms with Gasteiger partial charge in [-0.3, -0.25) is 4.90 Å². The minimum absolute atomic E-state index is 0.153. The highest BCUT2D eigenvalue weighted by Gasteiger charge is 2.42. The fraction of sp³-hybridized carbons (Fsp3) is 0.611. The molecule has 0 spiro atoms. The van der Waals surface area contributed by atoms with Gasteiger partial charge in [0, 0.05) is 18.0 Å². The lowest BCUT2D eigenvalue weighted by Gasteiger charge is -2.46. The summed E-state index contributed by atoms with van der Waals surface area (Å²) in [6.07, 6.45) is 0.153. The van der Waals surface area contributed by atoms with E-state index >= 15 is 0 Å². The van der Waals surface area contributed by atoms with Crippen LogP contribution >= 0.6 is 11.3 Å². The van der Waals surface area contributed by atoms with Crippen LogP contribution in [-0.2, 0) is 11.3 Å². The average Bonchev–Trinajstić information content (AvgIpc) is 2.87. The Labute approximate surface area is 156 Å². The van der Waals surface area contributed by atoms with E-state index in [-0.39, 0.29) is 6.42 Å². The lowest BCUT2D eigenvalue weighted by Crippen LogP contribution is -2.62. The van der Waals surface area contributed by atoms with Gasteiger partial charge in [-0.05, 0) is 19.4 Å². The second kappa shape index (κ2) is 6.74. The number of aromatic nitrogens is 2. The second-order valence-electron chi connectivity index (χ2n) is 7.23. The maximum atomic E-state index is 10.4. The first kappa shape index (κ1) is 17.6. The molecule has 0 saturated carbocycles. The van der Waals surface area contributed by atoms with Crippen LogP contribution < -0.4 is 4.90 Å². The van der Waals surface area contributed by atoms with Gasteiger partial charge < -0.3 is 14.7 Å². The van der Waals surface area contributed by atoms with Crippen molar-refractivity contribution in [3.8, 4) is 6.07 Å². The molecule has 2 aliphatic heterocycles. The first-order valence-electron chi connectivity index (χ1n) is 8.90. The molecule has 26 heavy (non-hydrogen) atoms. The summed E-state index contributed by atoms with van der Waals surface area (Å²) in [6, 6.07) is 2.07. The predicted molar refractivity (Wildman–Crippen MR) is 100 cm³/mol. The molecule has 4 rings (SSSR count). The molecule has 0 aromatic carbocycles. The predicted octanol–water partition coefficient (Wildman–Crippen LogP) is 1.61. The fourth-order valence-electron chi connectivity index (χ4n) is 3.60. The zero-order valence-corrected chi connectivity index (χ0v) is 16.0. The first-order chi connectivity index (χ1) is 12.5. The normalized spacial score (nSPS) is 20.2. The number of morpholine rings is 1. The number of aryl methyl sites for hydroxylation is 2. The number of fused-ring (bicyclic) bond motifs is 1. The van der Waals surface area contributed by atoms with Crippen LogP contribution in [0.25, 0.3) is 10.2 Å². The Morgan fingerprint density at radius 2 is 2.00 bits per heavy atom. The lowest BCUT2D eigenvalue weighted by molar-refractivity contribution is 0.0162. The number of hydrogen-bond donors (Lipinski definition) is 1. The molecule has 4 heterocycles. The first-order valence-corrected chi connectivity index (χ1v) is 9.72. The topological polar surface area (TPSA) is 85.5 Å². The van der Waals surface area contributed by atoms with Crippen molar-refractivity contribution in [1.82, 2.24) is 14.9 Å². The molecule has 0 bridgehead atoms. The quantitative estimate of drug-likeness (QED) is 0.871. The van der Waals surface area contributed by atoms with Gasteiger partial charge in [-0.15, -0.1) is 11.3 Å². The maximum Gasteiger partial charge on any atom is 0.146 e. The van der Waals surface area contributed by atoms with Crippen LogP contribution in [-0.4, -0.2) is 65.0 Å². The summed E-state index contributed by atoms with van der Waals surface area (Å²) in [4.78, 5) is 16.3. The van der Waals surface area contributed by atoms with Gasteiger partial charge in [-0.1, -0.05) is 0 Å². The number of thiophene rings is 1. The van der Waals surface area contributed by atoms with Crippen molar-refractivity contribution in [2.75, 3.05) is 44.3 Å². The highest BCUT2D eigenvalue weighted by Crippen LogP contribution is 2.38. The molecule has 138 valence electrons. The van der Waals surface area contributed by atoms with Gasteiger partial charge in [0.25, 0.3) is 0 Å². The highest BCUT2D eigenvalue weighted by atomic mass is 32.1. The van der Waals surface area contributed by atoms with Crippen LogP contribution in [0, 0.1) is 25.2 Å². The van der Waals surface area contributed by atoms with Crippen molar-refractivity contribution in [1.29, 1.82) is 5.26 Å². The SMILES string of the molecule is Cc1sc2nc(CN3CCOCC3)nc(N3CC(O)(CC#N)C3)c2c1C. The number of rotatable bonds is 4.